The number of nitrogens with one attached hydrogen (secondary N) is 1. The zero-order valence-corrected chi connectivity index (χ0v) is 14.7. The summed E-state index contributed by atoms with van der Waals surface area (Å²) in [7, 11) is 0. The van der Waals surface area contributed by atoms with Gasteiger partial charge in [0.05, 0.1) is 29.5 Å². The highest BCUT2D eigenvalue weighted by molar-refractivity contribution is 7.07. The highest BCUT2D eigenvalue weighted by Gasteiger charge is 2.42. The number of amides is 2. The zero-order valence-electron chi connectivity index (χ0n) is 13.9. The van der Waals surface area contributed by atoms with Crippen molar-refractivity contribution in [1.82, 2.24) is 9.88 Å². The van der Waals surface area contributed by atoms with Gasteiger partial charge in [0.1, 0.15) is 0 Å². The Balaban J connectivity index is 1.37. The minimum absolute atomic E-state index is 0.0937. The molecule has 2 aromatic rings. The number of likely N-dealkylation sites (tertiary alicyclic amines) is 1. The van der Waals surface area contributed by atoms with Gasteiger partial charge in [-0.25, -0.2) is 9.78 Å². The number of carbonyl (C=O) groups is 1. The minimum Gasteiger partial charge on any atom is -0.391 e. The maximum absolute atomic E-state index is 12.5. The third-order valence-electron chi connectivity index (χ3n) is 4.99. The van der Waals surface area contributed by atoms with E-state index < -0.39 is 0 Å². The smallest absolute Gasteiger partial charge is 0.321 e. The van der Waals surface area contributed by atoms with E-state index in [0.717, 1.165) is 29.8 Å². The average molecular weight is 359 g/mol. The second-order valence-corrected chi connectivity index (χ2v) is 7.44. The average Bonchev–Trinajstić information content (AvgIpc) is 3.26. The second kappa shape index (κ2) is 6.74. The lowest BCUT2D eigenvalue weighted by atomic mass is 9.88. The van der Waals surface area contributed by atoms with Crippen LogP contribution in [0.15, 0.2) is 35.2 Å². The van der Waals surface area contributed by atoms with E-state index in [4.69, 9.17) is 4.74 Å². The molecular weight excluding hydrogens is 338 g/mol. The number of aliphatic hydroxyl groups is 1. The van der Waals surface area contributed by atoms with Gasteiger partial charge in [-0.3, -0.25) is 0 Å². The van der Waals surface area contributed by atoms with Crippen LogP contribution in [-0.4, -0.2) is 52.4 Å². The molecule has 3 heterocycles. The van der Waals surface area contributed by atoms with Gasteiger partial charge in [0, 0.05) is 36.1 Å². The Morgan fingerprint density at radius 2 is 2.24 bits per heavy atom. The van der Waals surface area contributed by atoms with Crippen LogP contribution in [0, 0.1) is 0 Å². The minimum atomic E-state index is -0.367. The Labute approximate surface area is 150 Å². The van der Waals surface area contributed by atoms with Crippen LogP contribution in [0.3, 0.4) is 0 Å². The van der Waals surface area contributed by atoms with Gasteiger partial charge in [-0.2, -0.15) is 0 Å². The summed E-state index contributed by atoms with van der Waals surface area (Å²) in [6, 6.07) is 7.63. The summed E-state index contributed by atoms with van der Waals surface area (Å²) in [6.07, 6.45) is 1.86. The monoisotopic (exact) mass is 359 g/mol. The SMILES string of the molecule is O=C(Nc1cccc(-c2cscn2)c1)N1CCC2(CC1)C[C@H](O)CO2. The molecule has 25 heavy (non-hydrogen) atoms. The van der Waals surface area contributed by atoms with Crippen LogP contribution in [0.5, 0.6) is 0 Å². The van der Waals surface area contributed by atoms with Crippen molar-refractivity contribution in [3.63, 3.8) is 0 Å². The fourth-order valence-corrected chi connectivity index (χ4v) is 4.16. The molecule has 2 amide bonds. The maximum atomic E-state index is 12.5. The van der Waals surface area contributed by atoms with Crippen LogP contribution >= 0.6 is 11.3 Å². The number of ether oxygens (including phenoxy) is 1. The number of benzene rings is 1. The lowest BCUT2D eigenvalue weighted by molar-refractivity contribution is -0.0365. The number of aromatic nitrogens is 1. The molecule has 2 fully saturated rings. The summed E-state index contributed by atoms with van der Waals surface area (Å²) in [4.78, 5) is 18.7. The van der Waals surface area contributed by atoms with Crippen LogP contribution in [0.25, 0.3) is 11.3 Å². The summed E-state index contributed by atoms with van der Waals surface area (Å²) in [5, 5.41) is 14.7. The molecule has 2 aliphatic heterocycles. The van der Waals surface area contributed by atoms with E-state index in [1.54, 1.807) is 16.8 Å². The Morgan fingerprint density at radius 1 is 1.40 bits per heavy atom. The Bertz CT molecular complexity index is 742. The molecule has 4 rings (SSSR count). The Hall–Kier alpha value is -1.96. The van der Waals surface area contributed by atoms with Crippen LogP contribution in [-0.2, 0) is 4.74 Å². The molecule has 0 unspecified atom stereocenters. The van der Waals surface area contributed by atoms with Crippen molar-refractivity contribution in [1.29, 1.82) is 0 Å². The summed E-state index contributed by atoms with van der Waals surface area (Å²) >= 11 is 1.55. The van der Waals surface area contributed by atoms with E-state index in [1.165, 1.54) is 0 Å². The Kier molecular flexibility index (Phi) is 4.45. The van der Waals surface area contributed by atoms with Crippen molar-refractivity contribution in [2.75, 3.05) is 25.0 Å². The molecule has 0 saturated carbocycles. The van der Waals surface area contributed by atoms with Crippen molar-refractivity contribution in [3.8, 4) is 11.3 Å². The zero-order chi connectivity index (χ0) is 17.3. The third-order valence-corrected chi connectivity index (χ3v) is 5.58. The fraction of sp³-hybridized carbons (Fsp3) is 0.444. The highest BCUT2D eigenvalue weighted by atomic mass is 32.1. The van der Waals surface area contributed by atoms with Gasteiger partial charge < -0.3 is 20.1 Å². The van der Waals surface area contributed by atoms with Crippen molar-refractivity contribution in [2.45, 2.75) is 31.0 Å². The van der Waals surface area contributed by atoms with Crippen LogP contribution < -0.4 is 5.32 Å². The standard InChI is InChI=1S/C18H21N3O3S/c22-15-9-18(24-10-15)4-6-21(7-5-18)17(23)20-14-3-1-2-13(8-14)16-11-25-12-19-16/h1-3,8,11-12,15,22H,4-7,9-10H2,(H,20,23)/t15-/m0/s1. The van der Waals surface area contributed by atoms with Crippen molar-refractivity contribution in [3.05, 3.63) is 35.2 Å². The number of aliphatic hydroxyl groups excluding tert-OH is 1. The number of anilines is 1. The molecule has 2 N–H and O–H groups in total. The highest BCUT2D eigenvalue weighted by Crippen LogP contribution is 2.36. The number of nitrogens with zero attached hydrogens (tertiary/aromatic N) is 2. The molecular formula is C18H21N3O3S. The third kappa shape index (κ3) is 3.53. The van der Waals surface area contributed by atoms with Gasteiger partial charge in [-0.05, 0) is 25.0 Å². The van der Waals surface area contributed by atoms with Gasteiger partial charge in [0.2, 0.25) is 0 Å². The van der Waals surface area contributed by atoms with E-state index >= 15 is 0 Å². The van der Waals surface area contributed by atoms with E-state index in [9.17, 15) is 9.90 Å². The number of rotatable bonds is 2. The number of thiazole rings is 1. The Morgan fingerprint density at radius 3 is 2.92 bits per heavy atom. The summed E-state index contributed by atoms with van der Waals surface area (Å²) in [6.45, 7) is 1.70. The molecule has 132 valence electrons. The number of carbonyl (C=O) groups excluding carboxylic acids is 1. The molecule has 2 saturated heterocycles. The van der Waals surface area contributed by atoms with E-state index in [2.05, 4.69) is 10.3 Å². The number of hydrogen-bond acceptors (Lipinski definition) is 5. The number of piperidine rings is 1. The second-order valence-electron chi connectivity index (χ2n) is 6.72. The first kappa shape index (κ1) is 16.5. The molecule has 1 aromatic heterocycles. The van der Waals surface area contributed by atoms with E-state index in [0.29, 0.717) is 26.1 Å². The van der Waals surface area contributed by atoms with Crippen molar-refractivity contribution in [2.24, 2.45) is 0 Å². The fourth-order valence-electron chi connectivity index (χ4n) is 3.60. The molecule has 6 nitrogen and oxygen atoms in total. The van der Waals surface area contributed by atoms with Crippen LogP contribution in [0.4, 0.5) is 10.5 Å². The topological polar surface area (TPSA) is 74.7 Å². The summed E-state index contributed by atoms with van der Waals surface area (Å²) in [5.74, 6) is 0. The predicted octanol–water partition coefficient (Wildman–Crippen LogP) is 2.96. The number of urea groups is 1. The first-order valence-electron chi connectivity index (χ1n) is 8.50. The lowest BCUT2D eigenvalue weighted by Gasteiger charge is -2.38. The van der Waals surface area contributed by atoms with Crippen molar-refractivity contribution >= 4 is 23.1 Å². The normalized spacial score (nSPS) is 22.3. The first-order valence-corrected chi connectivity index (χ1v) is 9.44. The van der Waals surface area contributed by atoms with Crippen molar-refractivity contribution < 1.29 is 14.6 Å². The summed E-state index contributed by atoms with van der Waals surface area (Å²) < 4.78 is 5.78. The van der Waals surface area contributed by atoms with Crippen LogP contribution in [0.1, 0.15) is 19.3 Å². The molecule has 1 aromatic carbocycles. The van der Waals surface area contributed by atoms with E-state index in [1.807, 2.05) is 34.5 Å². The van der Waals surface area contributed by atoms with Gasteiger partial charge in [-0.15, -0.1) is 11.3 Å². The molecule has 1 atom stereocenters. The molecule has 1 spiro atoms. The van der Waals surface area contributed by atoms with Gasteiger partial charge in [-0.1, -0.05) is 12.1 Å². The molecule has 2 aliphatic rings. The van der Waals surface area contributed by atoms with Gasteiger partial charge in [0.25, 0.3) is 0 Å². The largest absolute Gasteiger partial charge is 0.391 e. The predicted molar refractivity (Wildman–Crippen MR) is 96.7 cm³/mol. The van der Waals surface area contributed by atoms with Gasteiger partial charge >= 0.3 is 6.03 Å². The van der Waals surface area contributed by atoms with E-state index in [-0.39, 0.29) is 17.7 Å². The first-order chi connectivity index (χ1) is 12.1. The van der Waals surface area contributed by atoms with Crippen LogP contribution in [0.2, 0.25) is 0 Å². The molecule has 0 aliphatic carbocycles. The van der Waals surface area contributed by atoms with Gasteiger partial charge in [0.15, 0.2) is 0 Å². The summed E-state index contributed by atoms with van der Waals surface area (Å²) in [5.41, 5.74) is 4.23. The number of hydrogen-bond donors (Lipinski definition) is 2. The molecule has 0 radical (unpaired) electrons. The maximum Gasteiger partial charge on any atom is 0.321 e. The quantitative estimate of drug-likeness (QED) is 0.864. The molecule has 7 heteroatoms. The lowest BCUT2D eigenvalue weighted by Crippen LogP contribution is -2.47. The molecule has 0 bridgehead atoms.